The van der Waals surface area contributed by atoms with Crippen molar-refractivity contribution in [2.24, 2.45) is 5.73 Å². The highest BCUT2D eigenvalue weighted by Crippen LogP contribution is 2.25. The molecule has 1 aliphatic rings. The summed E-state index contributed by atoms with van der Waals surface area (Å²) in [6.45, 7) is 5.30. The molecule has 0 unspecified atom stereocenters. The van der Waals surface area contributed by atoms with Crippen molar-refractivity contribution in [3.63, 3.8) is 0 Å². The van der Waals surface area contributed by atoms with Crippen LogP contribution in [0.1, 0.15) is 46.5 Å². The highest BCUT2D eigenvalue weighted by Gasteiger charge is 2.45. The highest BCUT2D eigenvalue weighted by molar-refractivity contribution is 6.08. The minimum absolute atomic E-state index is 0.192. The van der Waals surface area contributed by atoms with Gasteiger partial charge in [0.2, 0.25) is 0 Å². The normalized spacial score (nSPS) is 27.6. The van der Waals surface area contributed by atoms with Crippen LogP contribution in [0.15, 0.2) is 0 Å². The fourth-order valence-electron chi connectivity index (χ4n) is 1.64. The van der Waals surface area contributed by atoms with Crippen molar-refractivity contribution < 1.29 is 14.3 Å². The van der Waals surface area contributed by atoms with E-state index < -0.39 is 17.1 Å². The minimum Gasteiger partial charge on any atom is -0.458 e. The predicted molar refractivity (Wildman–Crippen MR) is 56.2 cm³/mol. The first kappa shape index (κ1) is 12.2. The van der Waals surface area contributed by atoms with E-state index in [0.29, 0.717) is 12.8 Å². The molecule has 15 heavy (non-hydrogen) atoms. The highest BCUT2D eigenvalue weighted by atomic mass is 16.6. The Hall–Kier alpha value is -0.900. The number of carbonyl (C=O) groups is 2. The molecular formula is C11H19NO3. The van der Waals surface area contributed by atoms with Gasteiger partial charge in [-0.25, -0.2) is 4.79 Å². The van der Waals surface area contributed by atoms with E-state index in [4.69, 9.17) is 10.5 Å². The Labute approximate surface area is 90.2 Å². The maximum Gasteiger partial charge on any atom is 0.334 e. The summed E-state index contributed by atoms with van der Waals surface area (Å²) in [5.74, 6) is -0.775. The molecule has 0 heterocycles. The second-order valence-corrected chi connectivity index (χ2v) is 5.10. The average molecular weight is 213 g/mol. The topological polar surface area (TPSA) is 69.4 Å². The molecule has 2 N–H and O–H groups in total. The summed E-state index contributed by atoms with van der Waals surface area (Å²) in [5.41, 5.74) is 3.84. The van der Waals surface area contributed by atoms with Crippen LogP contribution in [-0.4, -0.2) is 22.9 Å². The van der Waals surface area contributed by atoms with E-state index in [9.17, 15) is 9.59 Å². The second kappa shape index (κ2) is 3.93. The Balaban J connectivity index is 2.76. The molecule has 0 aliphatic heterocycles. The molecular weight excluding hydrogens is 194 g/mol. The summed E-state index contributed by atoms with van der Waals surface area (Å²) in [6, 6.07) is 0. The molecule has 0 amide bonds. The standard InChI is InChI=1S/C11H19NO3/c1-10(2,3)15-9(14)11(12)7-5-4-6-8(11)13/h4-7,12H2,1-3H3/t11-/m0/s1. The number of ether oxygens (including phenoxy) is 1. The zero-order valence-electron chi connectivity index (χ0n) is 9.63. The van der Waals surface area contributed by atoms with E-state index in [1.54, 1.807) is 20.8 Å². The van der Waals surface area contributed by atoms with Crippen LogP contribution in [0.5, 0.6) is 0 Å². The molecule has 0 aromatic carbocycles. The summed E-state index contributed by atoms with van der Waals surface area (Å²) in [7, 11) is 0. The number of ketones is 1. The van der Waals surface area contributed by atoms with Crippen LogP contribution in [-0.2, 0) is 14.3 Å². The maximum atomic E-state index is 11.8. The molecule has 4 nitrogen and oxygen atoms in total. The fraction of sp³-hybridized carbons (Fsp3) is 0.818. The van der Waals surface area contributed by atoms with E-state index in [2.05, 4.69) is 0 Å². The van der Waals surface area contributed by atoms with Gasteiger partial charge in [-0.05, 0) is 33.6 Å². The Morgan fingerprint density at radius 2 is 2.00 bits per heavy atom. The first-order valence-corrected chi connectivity index (χ1v) is 5.31. The Bertz CT molecular complexity index is 280. The zero-order chi connectivity index (χ0) is 11.7. The molecule has 0 bridgehead atoms. The molecule has 1 rings (SSSR count). The molecule has 1 atom stereocenters. The third-order valence-electron chi connectivity index (χ3n) is 2.49. The summed E-state index contributed by atoms with van der Waals surface area (Å²) in [4.78, 5) is 23.4. The Kier molecular flexibility index (Phi) is 3.19. The lowest BCUT2D eigenvalue weighted by Crippen LogP contribution is -2.58. The van der Waals surface area contributed by atoms with Gasteiger partial charge >= 0.3 is 5.97 Å². The summed E-state index contributed by atoms with van der Waals surface area (Å²) >= 11 is 0. The van der Waals surface area contributed by atoms with Crippen LogP contribution in [0.3, 0.4) is 0 Å². The van der Waals surface area contributed by atoms with Crippen molar-refractivity contribution >= 4 is 11.8 Å². The van der Waals surface area contributed by atoms with E-state index in [-0.39, 0.29) is 5.78 Å². The number of carbonyl (C=O) groups excluding carboxylic acids is 2. The number of Topliss-reactive ketones (excluding diaryl/α,β-unsaturated/α-hetero) is 1. The van der Waals surface area contributed by atoms with Crippen molar-refractivity contribution in [1.82, 2.24) is 0 Å². The lowest BCUT2D eigenvalue weighted by Gasteiger charge is -2.32. The average Bonchev–Trinajstić information content (AvgIpc) is 2.07. The van der Waals surface area contributed by atoms with Crippen LogP contribution < -0.4 is 5.73 Å². The molecule has 1 saturated carbocycles. The van der Waals surface area contributed by atoms with E-state index in [0.717, 1.165) is 12.8 Å². The van der Waals surface area contributed by atoms with Gasteiger partial charge in [0.1, 0.15) is 5.60 Å². The van der Waals surface area contributed by atoms with Gasteiger partial charge in [0.15, 0.2) is 11.3 Å². The van der Waals surface area contributed by atoms with Crippen molar-refractivity contribution in [2.45, 2.75) is 57.6 Å². The van der Waals surface area contributed by atoms with Gasteiger partial charge in [0.25, 0.3) is 0 Å². The molecule has 0 radical (unpaired) electrons. The summed E-state index contributed by atoms with van der Waals surface area (Å²) in [6.07, 6.45) is 2.42. The van der Waals surface area contributed by atoms with E-state index in [1.807, 2.05) is 0 Å². The van der Waals surface area contributed by atoms with Crippen molar-refractivity contribution in [3.8, 4) is 0 Å². The molecule has 0 saturated heterocycles. The first-order chi connectivity index (χ1) is 6.76. The van der Waals surface area contributed by atoms with Gasteiger partial charge < -0.3 is 10.5 Å². The Morgan fingerprint density at radius 3 is 2.47 bits per heavy atom. The molecule has 4 heteroatoms. The number of rotatable bonds is 1. The first-order valence-electron chi connectivity index (χ1n) is 5.31. The predicted octanol–water partition coefficient (Wildman–Crippen LogP) is 1.17. The summed E-state index contributed by atoms with van der Waals surface area (Å²) < 4.78 is 5.17. The molecule has 0 aromatic heterocycles. The minimum atomic E-state index is -1.40. The SMILES string of the molecule is CC(C)(C)OC(=O)[C@]1(N)CCCCC1=O. The lowest BCUT2D eigenvalue weighted by atomic mass is 9.81. The van der Waals surface area contributed by atoms with Gasteiger partial charge in [-0.1, -0.05) is 6.42 Å². The third kappa shape index (κ3) is 2.78. The van der Waals surface area contributed by atoms with Crippen LogP contribution >= 0.6 is 0 Å². The molecule has 1 aliphatic carbocycles. The Morgan fingerprint density at radius 1 is 1.40 bits per heavy atom. The molecule has 0 spiro atoms. The van der Waals surface area contributed by atoms with Gasteiger partial charge in [-0.3, -0.25) is 4.79 Å². The van der Waals surface area contributed by atoms with E-state index in [1.165, 1.54) is 0 Å². The third-order valence-corrected chi connectivity index (χ3v) is 2.49. The monoisotopic (exact) mass is 213 g/mol. The largest absolute Gasteiger partial charge is 0.458 e. The zero-order valence-corrected chi connectivity index (χ0v) is 9.63. The molecule has 0 aromatic rings. The lowest BCUT2D eigenvalue weighted by molar-refractivity contribution is -0.165. The van der Waals surface area contributed by atoms with Crippen LogP contribution in [0.2, 0.25) is 0 Å². The second-order valence-electron chi connectivity index (χ2n) is 5.10. The van der Waals surface area contributed by atoms with Crippen LogP contribution in [0.4, 0.5) is 0 Å². The van der Waals surface area contributed by atoms with Crippen molar-refractivity contribution in [2.75, 3.05) is 0 Å². The van der Waals surface area contributed by atoms with E-state index >= 15 is 0 Å². The smallest absolute Gasteiger partial charge is 0.334 e. The summed E-state index contributed by atoms with van der Waals surface area (Å²) in [5, 5.41) is 0. The van der Waals surface area contributed by atoms with Crippen LogP contribution in [0.25, 0.3) is 0 Å². The van der Waals surface area contributed by atoms with Crippen molar-refractivity contribution in [3.05, 3.63) is 0 Å². The maximum absolute atomic E-state index is 11.8. The molecule has 86 valence electrons. The van der Waals surface area contributed by atoms with Gasteiger partial charge in [0.05, 0.1) is 0 Å². The number of hydrogen-bond acceptors (Lipinski definition) is 4. The van der Waals surface area contributed by atoms with Gasteiger partial charge in [0, 0.05) is 6.42 Å². The quantitative estimate of drug-likeness (QED) is 0.524. The number of hydrogen-bond donors (Lipinski definition) is 1. The van der Waals surface area contributed by atoms with Gasteiger partial charge in [-0.2, -0.15) is 0 Å². The van der Waals surface area contributed by atoms with Crippen molar-refractivity contribution in [1.29, 1.82) is 0 Å². The van der Waals surface area contributed by atoms with Gasteiger partial charge in [-0.15, -0.1) is 0 Å². The van der Waals surface area contributed by atoms with Crippen LogP contribution in [0, 0.1) is 0 Å². The number of nitrogens with two attached hydrogens (primary N) is 1. The fourth-order valence-corrected chi connectivity index (χ4v) is 1.64. The number of esters is 1. The molecule has 1 fully saturated rings.